The molecular formula is C19H21FN4O3. The summed E-state index contributed by atoms with van der Waals surface area (Å²) in [5.74, 6) is -0.415. The third-order valence-corrected chi connectivity index (χ3v) is 4.36. The summed E-state index contributed by atoms with van der Waals surface area (Å²) in [6, 6.07) is 10.9. The monoisotopic (exact) mass is 372 g/mol. The summed E-state index contributed by atoms with van der Waals surface area (Å²) in [6.07, 6.45) is 0. The molecule has 0 aliphatic rings. The highest BCUT2D eigenvalue weighted by atomic mass is 19.1. The molecule has 0 radical (unpaired) electrons. The van der Waals surface area contributed by atoms with Crippen molar-refractivity contribution in [3.05, 3.63) is 58.8 Å². The molecule has 7 nitrogen and oxygen atoms in total. The van der Waals surface area contributed by atoms with E-state index in [1.165, 1.54) is 6.07 Å². The summed E-state index contributed by atoms with van der Waals surface area (Å²) in [6.45, 7) is 2.48. The minimum absolute atomic E-state index is 0.191. The van der Waals surface area contributed by atoms with Crippen LogP contribution in [0.25, 0.3) is 11.0 Å². The lowest BCUT2D eigenvalue weighted by molar-refractivity contribution is -0.120. The Balaban J connectivity index is 1.53. The van der Waals surface area contributed by atoms with Crippen LogP contribution in [0.3, 0.4) is 0 Å². The number of hydrogen-bond acceptors (Lipinski definition) is 4. The van der Waals surface area contributed by atoms with Gasteiger partial charge < -0.3 is 20.0 Å². The quantitative estimate of drug-likeness (QED) is 0.594. The minimum Gasteiger partial charge on any atom is -0.489 e. The van der Waals surface area contributed by atoms with Crippen LogP contribution in [0, 0.1) is 5.82 Å². The standard InChI is InChI=1S/C19H21FN4O3/c1-12(24(2)9-10-27-17-6-4-3-5-14(17)20)18(25)21-13-7-8-15-16(11-13)23-19(26)22-15/h3-8,11-12H,9-10H2,1-2H3,(H,21,25)(H2,22,23,26)/t12-/m1/s1. The summed E-state index contributed by atoms with van der Waals surface area (Å²) in [7, 11) is 1.79. The zero-order chi connectivity index (χ0) is 19.4. The average Bonchev–Trinajstić information content (AvgIpc) is 3.01. The van der Waals surface area contributed by atoms with E-state index in [4.69, 9.17) is 4.74 Å². The fraction of sp³-hybridized carbons (Fsp3) is 0.263. The molecule has 1 aromatic heterocycles. The molecule has 0 fully saturated rings. The van der Waals surface area contributed by atoms with Crippen molar-refractivity contribution in [1.82, 2.24) is 14.9 Å². The van der Waals surface area contributed by atoms with Crippen LogP contribution >= 0.6 is 0 Å². The van der Waals surface area contributed by atoms with Gasteiger partial charge in [0.15, 0.2) is 11.6 Å². The number of para-hydroxylation sites is 1. The van der Waals surface area contributed by atoms with Crippen LogP contribution in [-0.4, -0.2) is 47.0 Å². The Labute approximate surface area is 155 Å². The number of carbonyl (C=O) groups excluding carboxylic acids is 1. The fourth-order valence-corrected chi connectivity index (χ4v) is 2.61. The van der Waals surface area contributed by atoms with Gasteiger partial charge >= 0.3 is 5.69 Å². The largest absolute Gasteiger partial charge is 0.489 e. The van der Waals surface area contributed by atoms with Gasteiger partial charge in [-0.25, -0.2) is 9.18 Å². The van der Waals surface area contributed by atoms with E-state index in [-0.39, 0.29) is 24.0 Å². The van der Waals surface area contributed by atoms with E-state index in [2.05, 4.69) is 15.3 Å². The molecular weight excluding hydrogens is 351 g/mol. The number of aromatic nitrogens is 2. The van der Waals surface area contributed by atoms with Crippen molar-refractivity contribution in [1.29, 1.82) is 0 Å². The third kappa shape index (κ3) is 4.53. The van der Waals surface area contributed by atoms with Crippen molar-refractivity contribution in [3.63, 3.8) is 0 Å². The average molecular weight is 372 g/mol. The lowest BCUT2D eigenvalue weighted by Gasteiger charge is -2.23. The van der Waals surface area contributed by atoms with Gasteiger partial charge in [-0.1, -0.05) is 12.1 Å². The van der Waals surface area contributed by atoms with Crippen LogP contribution < -0.4 is 15.7 Å². The number of hydrogen-bond donors (Lipinski definition) is 3. The smallest absolute Gasteiger partial charge is 0.323 e. The summed E-state index contributed by atoms with van der Waals surface area (Å²) in [5.41, 5.74) is 1.59. The second-order valence-corrected chi connectivity index (χ2v) is 6.26. The highest BCUT2D eigenvalue weighted by molar-refractivity contribution is 5.96. The Morgan fingerprint density at radius 3 is 2.74 bits per heavy atom. The molecule has 2 aromatic carbocycles. The van der Waals surface area contributed by atoms with Crippen LogP contribution in [0.4, 0.5) is 10.1 Å². The second-order valence-electron chi connectivity index (χ2n) is 6.26. The number of nitrogens with zero attached hydrogens (tertiary/aromatic N) is 1. The summed E-state index contributed by atoms with van der Waals surface area (Å²) >= 11 is 0. The number of ether oxygens (including phenoxy) is 1. The first-order chi connectivity index (χ1) is 12.9. The molecule has 1 atom stereocenters. The van der Waals surface area contributed by atoms with E-state index in [9.17, 15) is 14.0 Å². The number of halogens is 1. The zero-order valence-corrected chi connectivity index (χ0v) is 15.1. The highest BCUT2D eigenvalue weighted by Gasteiger charge is 2.18. The predicted molar refractivity (Wildman–Crippen MR) is 102 cm³/mol. The first kappa shape index (κ1) is 18.7. The molecule has 3 aromatic rings. The van der Waals surface area contributed by atoms with Crippen molar-refractivity contribution in [3.8, 4) is 5.75 Å². The number of imidazole rings is 1. The first-order valence-corrected chi connectivity index (χ1v) is 8.54. The number of amides is 1. The van der Waals surface area contributed by atoms with Gasteiger partial charge in [-0.2, -0.15) is 0 Å². The van der Waals surface area contributed by atoms with Gasteiger partial charge in [0, 0.05) is 12.2 Å². The SMILES string of the molecule is C[C@H](C(=O)Nc1ccc2[nH]c(=O)[nH]c2c1)N(C)CCOc1ccccc1F. The van der Waals surface area contributed by atoms with Gasteiger partial charge in [0.2, 0.25) is 5.91 Å². The van der Waals surface area contributed by atoms with E-state index in [0.29, 0.717) is 23.3 Å². The molecule has 142 valence electrons. The molecule has 3 N–H and O–H groups in total. The molecule has 0 aliphatic carbocycles. The number of aromatic amines is 2. The summed E-state index contributed by atoms with van der Waals surface area (Å²) in [5, 5.41) is 2.82. The first-order valence-electron chi connectivity index (χ1n) is 8.54. The third-order valence-electron chi connectivity index (χ3n) is 4.36. The molecule has 0 saturated carbocycles. The maximum atomic E-state index is 13.5. The van der Waals surface area contributed by atoms with Crippen LogP contribution in [-0.2, 0) is 4.79 Å². The predicted octanol–water partition coefficient (Wildman–Crippen LogP) is 2.33. The number of anilines is 1. The topological polar surface area (TPSA) is 90.2 Å². The molecule has 0 bridgehead atoms. The maximum absolute atomic E-state index is 13.5. The van der Waals surface area contributed by atoms with E-state index in [0.717, 1.165) is 0 Å². The molecule has 0 aliphatic heterocycles. The Hall–Kier alpha value is -3.13. The molecule has 0 spiro atoms. The van der Waals surface area contributed by atoms with E-state index < -0.39 is 11.9 Å². The maximum Gasteiger partial charge on any atom is 0.323 e. The Morgan fingerprint density at radius 2 is 1.96 bits per heavy atom. The van der Waals surface area contributed by atoms with Crippen molar-refractivity contribution in [2.75, 3.05) is 25.5 Å². The fourth-order valence-electron chi connectivity index (χ4n) is 2.61. The molecule has 0 saturated heterocycles. The molecule has 3 rings (SSSR count). The van der Waals surface area contributed by atoms with E-state index in [1.54, 1.807) is 50.4 Å². The number of carbonyl (C=O) groups is 1. The lowest BCUT2D eigenvalue weighted by atomic mass is 10.2. The number of rotatable bonds is 7. The van der Waals surface area contributed by atoms with Gasteiger partial charge in [0.1, 0.15) is 6.61 Å². The molecule has 8 heteroatoms. The van der Waals surface area contributed by atoms with Crippen molar-refractivity contribution in [2.24, 2.45) is 0 Å². The van der Waals surface area contributed by atoms with Crippen LogP contribution in [0.5, 0.6) is 5.75 Å². The molecule has 0 unspecified atom stereocenters. The number of fused-ring (bicyclic) bond motifs is 1. The second kappa shape index (κ2) is 8.05. The van der Waals surface area contributed by atoms with E-state index >= 15 is 0 Å². The molecule has 27 heavy (non-hydrogen) atoms. The zero-order valence-electron chi connectivity index (χ0n) is 15.1. The summed E-state index contributed by atoms with van der Waals surface area (Å²) in [4.78, 5) is 30.9. The van der Waals surface area contributed by atoms with Crippen LogP contribution in [0.2, 0.25) is 0 Å². The minimum atomic E-state index is -0.421. The van der Waals surface area contributed by atoms with Crippen molar-refractivity contribution >= 4 is 22.6 Å². The Bertz CT molecular complexity index is 998. The number of H-pyrrole nitrogens is 2. The lowest BCUT2D eigenvalue weighted by Crippen LogP contribution is -2.41. The number of likely N-dealkylation sites (N-methyl/N-ethyl adjacent to an activating group) is 1. The number of nitrogens with one attached hydrogen (secondary N) is 3. The van der Waals surface area contributed by atoms with Crippen LogP contribution in [0.1, 0.15) is 6.92 Å². The van der Waals surface area contributed by atoms with E-state index in [1.807, 2.05) is 4.90 Å². The number of benzene rings is 2. The van der Waals surface area contributed by atoms with Crippen LogP contribution in [0.15, 0.2) is 47.3 Å². The van der Waals surface area contributed by atoms with Gasteiger partial charge in [0.05, 0.1) is 17.1 Å². The van der Waals surface area contributed by atoms with Gasteiger partial charge in [-0.05, 0) is 44.3 Å². The summed E-state index contributed by atoms with van der Waals surface area (Å²) < 4.78 is 18.9. The van der Waals surface area contributed by atoms with Gasteiger partial charge in [0.25, 0.3) is 0 Å². The Kier molecular flexibility index (Phi) is 5.56. The Morgan fingerprint density at radius 1 is 1.22 bits per heavy atom. The highest BCUT2D eigenvalue weighted by Crippen LogP contribution is 2.16. The van der Waals surface area contributed by atoms with Crippen molar-refractivity contribution in [2.45, 2.75) is 13.0 Å². The molecule has 1 heterocycles. The van der Waals surface area contributed by atoms with Crippen molar-refractivity contribution < 1.29 is 13.9 Å². The molecule has 1 amide bonds. The normalized spacial score (nSPS) is 12.3. The van der Waals surface area contributed by atoms with Gasteiger partial charge in [-0.15, -0.1) is 0 Å². The van der Waals surface area contributed by atoms with Gasteiger partial charge in [-0.3, -0.25) is 9.69 Å².